The first kappa shape index (κ1) is 20.9. The third-order valence-corrected chi connectivity index (χ3v) is 4.75. The van der Waals surface area contributed by atoms with Gasteiger partial charge in [-0.3, -0.25) is 19.8 Å². The van der Waals surface area contributed by atoms with Gasteiger partial charge in [0.2, 0.25) is 0 Å². The fourth-order valence-electron chi connectivity index (χ4n) is 3.30. The molecule has 0 fully saturated rings. The number of hydrogen-bond donors (Lipinski definition) is 2. The second-order valence-electron chi connectivity index (χ2n) is 6.56. The van der Waals surface area contributed by atoms with E-state index in [-0.39, 0.29) is 23.5 Å². The van der Waals surface area contributed by atoms with E-state index in [1.54, 1.807) is 19.9 Å². The first-order valence-electron chi connectivity index (χ1n) is 9.02. The van der Waals surface area contributed by atoms with Crippen molar-refractivity contribution in [1.29, 1.82) is 0 Å². The van der Waals surface area contributed by atoms with Crippen molar-refractivity contribution in [3.05, 3.63) is 81.0 Å². The van der Waals surface area contributed by atoms with Gasteiger partial charge < -0.3 is 10.6 Å². The summed E-state index contributed by atoms with van der Waals surface area (Å²) in [5, 5.41) is 16.3. The van der Waals surface area contributed by atoms with Crippen LogP contribution in [0.25, 0.3) is 0 Å². The van der Waals surface area contributed by atoms with Crippen molar-refractivity contribution in [3.8, 4) is 0 Å². The number of carbonyl (C=O) groups is 2. The monoisotopic (exact) mass is 416 g/mol. The van der Waals surface area contributed by atoms with Crippen LogP contribution in [-0.4, -0.2) is 28.3 Å². The van der Waals surface area contributed by atoms with E-state index in [0.29, 0.717) is 11.3 Å². The first-order chi connectivity index (χ1) is 14.2. The van der Waals surface area contributed by atoms with Gasteiger partial charge in [0.25, 0.3) is 11.6 Å². The van der Waals surface area contributed by atoms with E-state index in [4.69, 9.17) is 0 Å². The number of carbonyl (C=O) groups excluding carboxylic acids is 2. The highest BCUT2D eigenvalue weighted by atomic mass is 19.2. The Morgan fingerprint density at radius 1 is 1.23 bits per heavy atom. The van der Waals surface area contributed by atoms with Gasteiger partial charge in [-0.2, -0.15) is 0 Å². The molecule has 1 aliphatic heterocycles. The number of halogens is 2. The lowest BCUT2D eigenvalue weighted by molar-refractivity contribution is -0.384. The number of nitrogens with zero attached hydrogens (tertiary/aromatic N) is 2. The molecule has 0 saturated carbocycles. The number of allylic oxidation sites excluding steroid dienone is 1. The fourth-order valence-corrected chi connectivity index (χ4v) is 3.30. The number of nitro benzene ring substituents is 1. The van der Waals surface area contributed by atoms with Crippen LogP contribution >= 0.6 is 0 Å². The summed E-state index contributed by atoms with van der Waals surface area (Å²) in [6, 6.07) is 7.06. The van der Waals surface area contributed by atoms with Crippen LogP contribution in [-0.2, 0) is 4.79 Å². The number of anilines is 1. The highest BCUT2D eigenvalue weighted by Crippen LogP contribution is 2.32. The fraction of sp³-hybridized carbons (Fsp3) is 0.200. The summed E-state index contributed by atoms with van der Waals surface area (Å²) in [6.07, 6.45) is 0. The Balaban J connectivity index is 2.04. The summed E-state index contributed by atoms with van der Waals surface area (Å²) in [6.45, 7) is 3.58. The predicted octanol–water partition coefficient (Wildman–Crippen LogP) is 3.87. The van der Waals surface area contributed by atoms with Crippen molar-refractivity contribution in [2.45, 2.75) is 19.9 Å². The maximum atomic E-state index is 13.5. The topological polar surface area (TPSA) is 105 Å². The van der Waals surface area contributed by atoms with Gasteiger partial charge in [0.1, 0.15) is 0 Å². The zero-order valence-electron chi connectivity index (χ0n) is 16.1. The Morgan fingerprint density at radius 3 is 2.60 bits per heavy atom. The molecule has 156 valence electrons. The van der Waals surface area contributed by atoms with Crippen LogP contribution in [0.2, 0.25) is 0 Å². The number of nitro groups is 1. The minimum absolute atomic E-state index is 0.0249. The average Bonchev–Trinajstić information content (AvgIpc) is 2.70. The molecular weight excluding hydrogens is 398 g/mol. The van der Waals surface area contributed by atoms with Crippen LogP contribution in [0.3, 0.4) is 0 Å². The molecule has 0 unspecified atom stereocenters. The van der Waals surface area contributed by atoms with E-state index in [1.807, 2.05) is 0 Å². The van der Waals surface area contributed by atoms with Gasteiger partial charge in [0, 0.05) is 36.1 Å². The van der Waals surface area contributed by atoms with Crippen molar-refractivity contribution in [3.63, 3.8) is 0 Å². The minimum Gasteiger partial charge on any atom is -0.326 e. The Hall–Kier alpha value is -3.82. The molecule has 10 heteroatoms. The number of benzene rings is 2. The summed E-state index contributed by atoms with van der Waals surface area (Å²) in [4.78, 5) is 37.4. The molecule has 0 radical (unpaired) electrons. The number of nitrogens with one attached hydrogen (secondary N) is 2. The predicted molar refractivity (Wildman–Crippen MR) is 104 cm³/mol. The Labute approximate surface area is 170 Å². The van der Waals surface area contributed by atoms with Gasteiger partial charge in [-0.05, 0) is 31.5 Å². The Morgan fingerprint density at radius 2 is 1.97 bits per heavy atom. The molecule has 1 aliphatic rings. The van der Waals surface area contributed by atoms with Crippen LogP contribution in [0.5, 0.6) is 0 Å². The Bertz CT molecular complexity index is 1070. The van der Waals surface area contributed by atoms with Crippen molar-refractivity contribution in [2.75, 3.05) is 11.9 Å². The average molecular weight is 416 g/mol. The number of hydrogen-bond acceptors (Lipinski definition) is 4. The van der Waals surface area contributed by atoms with E-state index in [9.17, 15) is 28.5 Å². The summed E-state index contributed by atoms with van der Waals surface area (Å²) in [7, 11) is 0. The lowest BCUT2D eigenvalue weighted by atomic mass is 9.93. The Kier molecular flexibility index (Phi) is 5.77. The van der Waals surface area contributed by atoms with Gasteiger partial charge in [-0.15, -0.1) is 0 Å². The van der Waals surface area contributed by atoms with Gasteiger partial charge in [-0.25, -0.2) is 13.6 Å². The molecule has 1 heterocycles. The van der Waals surface area contributed by atoms with Crippen molar-refractivity contribution >= 4 is 23.3 Å². The molecule has 0 bridgehead atoms. The van der Waals surface area contributed by atoms with Gasteiger partial charge in [0.05, 0.1) is 16.5 Å². The molecule has 3 rings (SSSR count). The van der Waals surface area contributed by atoms with E-state index in [2.05, 4.69) is 10.6 Å². The van der Waals surface area contributed by atoms with Crippen LogP contribution in [0.4, 0.5) is 25.0 Å². The molecule has 3 amide bonds. The molecular formula is C20H18F2N4O4. The second kappa shape index (κ2) is 8.27. The summed E-state index contributed by atoms with van der Waals surface area (Å²) < 4.78 is 26.7. The molecule has 2 N–H and O–H groups in total. The van der Waals surface area contributed by atoms with Crippen molar-refractivity contribution < 1.29 is 23.3 Å². The quantitative estimate of drug-likeness (QED) is 0.570. The van der Waals surface area contributed by atoms with E-state index in [0.717, 1.165) is 12.1 Å². The van der Waals surface area contributed by atoms with Gasteiger partial charge in [0.15, 0.2) is 11.6 Å². The third kappa shape index (κ3) is 3.97. The van der Waals surface area contributed by atoms with Gasteiger partial charge in [-0.1, -0.05) is 12.1 Å². The van der Waals surface area contributed by atoms with E-state index >= 15 is 0 Å². The van der Waals surface area contributed by atoms with Crippen molar-refractivity contribution in [1.82, 2.24) is 10.2 Å². The van der Waals surface area contributed by atoms with Crippen LogP contribution in [0.1, 0.15) is 25.5 Å². The highest BCUT2D eigenvalue weighted by Gasteiger charge is 2.35. The lowest BCUT2D eigenvalue weighted by Crippen LogP contribution is -2.48. The normalized spacial score (nSPS) is 16.3. The molecule has 2 aromatic carbocycles. The number of urea groups is 1. The molecule has 0 spiro atoms. The highest BCUT2D eigenvalue weighted by molar-refractivity contribution is 6.06. The number of non-ortho nitro benzene ring substituents is 1. The summed E-state index contributed by atoms with van der Waals surface area (Å²) >= 11 is 0. The van der Waals surface area contributed by atoms with Crippen LogP contribution in [0.15, 0.2) is 53.7 Å². The summed E-state index contributed by atoms with van der Waals surface area (Å²) in [5.74, 6) is -2.84. The third-order valence-electron chi connectivity index (χ3n) is 4.75. The molecule has 30 heavy (non-hydrogen) atoms. The number of amides is 3. The molecule has 2 aromatic rings. The maximum absolute atomic E-state index is 13.5. The van der Waals surface area contributed by atoms with Crippen LogP contribution < -0.4 is 10.6 Å². The summed E-state index contributed by atoms with van der Waals surface area (Å²) in [5.41, 5.74) is 0.636. The smallest absolute Gasteiger partial charge is 0.322 e. The largest absolute Gasteiger partial charge is 0.326 e. The van der Waals surface area contributed by atoms with Crippen molar-refractivity contribution in [2.24, 2.45) is 0 Å². The zero-order valence-corrected chi connectivity index (χ0v) is 16.1. The second-order valence-corrected chi connectivity index (χ2v) is 6.56. The lowest BCUT2D eigenvalue weighted by Gasteiger charge is -2.35. The van der Waals surface area contributed by atoms with E-state index < -0.39 is 34.5 Å². The van der Waals surface area contributed by atoms with Crippen LogP contribution in [0, 0.1) is 21.7 Å². The zero-order chi connectivity index (χ0) is 22.0. The number of rotatable bonds is 5. The first-order valence-corrected chi connectivity index (χ1v) is 9.02. The van der Waals surface area contributed by atoms with E-state index in [1.165, 1.54) is 29.2 Å². The molecule has 0 aromatic heterocycles. The van der Waals surface area contributed by atoms with Gasteiger partial charge >= 0.3 is 6.03 Å². The standard InChI is InChI=1S/C20H18F2N4O4/c1-3-25-11(2)17(19(27)23-13-7-8-15(21)16(22)10-13)18(24-20(25)28)12-5-4-6-14(9-12)26(29)30/h4-10,18H,3H2,1-2H3,(H,23,27)(H,24,28)/t18-/m0/s1. The maximum Gasteiger partial charge on any atom is 0.322 e. The molecule has 0 saturated heterocycles. The minimum atomic E-state index is -1.12. The molecule has 0 aliphatic carbocycles. The SMILES string of the molecule is CCN1C(=O)N[C@@H](c2cccc([N+](=O)[O-])c2)C(C(=O)Nc2ccc(F)c(F)c2)=C1C. The molecule has 1 atom stereocenters. The molecule has 8 nitrogen and oxygen atoms in total.